The molecule has 4 rings (SSSR count). The summed E-state index contributed by atoms with van der Waals surface area (Å²) in [5.41, 5.74) is 2.81. The van der Waals surface area contributed by atoms with Gasteiger partial charge in [0.1, 0.15) is 0 Å². The van der Waals surface area contributed by atoms with Crippen LogP contribution in [0.4, 0.5) is 0 Å². The first-order chi connectivity index (χ1) is 14.8. The standard InChI is InChI=1S/C24H26NO4P/c1-27-29-30(26)25-17-18-28-19-23(25)24(20-11-5-2-6-12-20,21-13-7-3-8-14-21)22-15-9-4-10-16-22/h2-16,23,26H,17-19H2,1H3/t23?,30-/m0/s1. The van der Waals surface area contributed by atoms with Crippen LogP contribution in [0.5, 0.6) is 0 Å². The van der Waals surface area contributed by atoms with Gasteiger partial charge in [0.05, 0.1) is 31.8 Å². The highest BCUT2D eigenvalue weighted by Gasteiger charge is 2.49. The molecule has 0 spiro atoms. The van der Waals surface area contributed by atoms with E-state index in [9.17, 15) is 4.89 Å². The number of hydrogen-bond acceptors (Lipinski definition) is 5. The van der Waals surface area contributed by atoms with Crippen molar-refractivity contribution in [1.82, 2.24) is 4.67 Å². The lowest BCUT2D eigenvalue weighted by Gasteiger charge is -2.49. The second-order valence-corrected chi connectivity index (χ2v) is 8.32. The van der Waals surface area contributed by atoms with Gasteiger partial charge in [-0.2, -0.15) is 4.67 Å². The fourth-order valence-corrected chi connectivity index (χ4v) is 5.39. The van der Waals surface area contributed by atoms with Crippen molar-refractivity contribution in [3.05, 3.63) is 108 Å². The minimum absolute atomic E-state index is 0.204. The molecule has 2 atom stereocenters. The van der Waals surface area contributed by atoms with Crippen LogP contribution in [-0.4, -0.2) is 42.5 Å². The zero-order valence-electron chi connectivity index (χ0n) is 16.9. The molecule has 0 bridgehead atoms. The lowest BCUT2D eigenvalue weighted by atomic mass is 9.64. The molecule has 1 saturated heterocycles. The molecule has 0 amide bonds. The average Bonchev–Trinajstić information content (AvgIpc) is 2.82. The molecule has 0 aromatic heterocycles. The molecule has 30 heavy (non-hydrogen) atoms. The van der Waals surface area contributed by atoms with Gasteiger partial charge >= 0.3 is 0 Å². The van der Waals surface area contributed by atoms with Gasteiger partial charge in [-0.05, 0) is 16.7 Å². The summed E-state index contributed by atoms with van der Waals surface area (Å²) in [5.74, 6) is 0. The molecule has 0 saturated carbocycles. The third kappa shape index (κ3) is 3.93. The number of nitrogens with zero attached hydrogens (tertiary/aromatic N) is 1. The first kappa shape index (κ1) is 21.1. The Morgan fingerprint density at radius 3 is 1.77 bits per heavy atom. The van der Waals surface area contributed by atoms with Crippen LogP contribution in [0.1, 0.15) is 16.7 Å². The number of hydrogen-bond donors (Lipinski definition) is 1. The van der Waals surface area contributed by atoms with Crippen LogP contribution in [0, 0.1) is 0 Å². The van der Waals surface area contributed by atoms with Gasteiger partial charge in [-0.15, -0.1) is 0 Å². The monoisotopic (exact) mass is 423 g/mol. The quantitative estimate of drug-likeness (QED) is 0.262. The van der Waals surface area contributed by atoms with Crippen molar-refractivity contribution in [2.75, 3.05) is 26.9 Å². The number of benzene rings is 3. The SMILES string of the molecule is COO[P@](O)N1CCOCC1C(c1ccccc1)(c1ccccc1)c1ccccc1. The van der Waals surface area contributed by atoms with E-state index < -0.39 is 13.9 Å². The number of morpholine rings is 1. The summed E-state index contributed by atoms with van der Waals surface area (Å²) in [4.78, 5) is 15.7. The normalized spacial score (nSPS) is 18.8. The van der Waals surface area contributed by atoms with E-state index in [1.165, 1.54) is 7.11 Å². The highest BCUT2D eigenvalue weighted by molar-refractivity contribution is 7.43. The fourth-order valence-electron chi connectivity index (χ4n) is 4.44. The van der Waals surface area contributed by atoms with Gasteiger partial charge in [0, 0.05) is 6.54 Å². The highest BCUT2D eigenvalue weighted by Crippen LogP contribution is 2.50. The van der Waals surface area contributed by atoms with Gasteiger partial charge in [0.2, 0.25) is 0 Å². The lowest BCUT2D eigenvalue weighted by Crippen LogP contribution is -2.56. The summed E-state index contributed by atoms with van der Waals surface area (Å²) >= 11 is 0. The first-order valence-corrected chi connectivity index (χ1v) is 11.2. The Kier molecular flexibility index (Phi) is 6.90. The molecule has 1 heterocycles. The maximum Gasteiger partial charge on any atom is 0.289 e. The Bertz CT molecular complexity index is 814. The van der Waals surface area contributed by atoms with Gasteiger partial charge in [-0.3, -0.25) is 0 Å². The van der Waals surface area contributed by atoms with E-state index in [1.54, 1.807) is 0 Å². The van der Waals surface area contributed by atoms with Crippen LogP contribution in [0.25, 0.3) is 0 Å². The zero-order valence-corrected chi connectivity index (χ0v) is 17.8. The van der Waals surface area contributed by atoms with E-state index >= 15 is 0 Å². The average molecular weight is 423 g/mol. The first-order valence-electron chi connectivity index (χ1n) is 9.99. The van der Waals surface area contributed by atoms with Crippen molar-refractivity contribution >= 4 is 8.53 Å². The molecule has 1 fully saturated rings. The molecule has 156 valence electrons. The molecule has 1 aliphatic heterocycles. The summed E-state index contributed by atoms with van der Waals surface area (Å²) in [6, 6.07) is 31.0. The Morgan fingerprint density at radius 1 is 0.867 bits per heavy atom. The van der Waals surface area contributed by atoms with Gasteiger partial charge in [0.15, 0.2) is 0 Å². The predicted molar refractivity (Wildman–Crippen MR) is 118 cm³/mol. The van der Waals surface area contributed by atoms with Crippen LogP contribution >= 0.6 is 8.53 Å². The van der Waals surface area contributed by atoms with E-state index in [-0.39, 0.29) is 6.04 Å². The molecule has 3 aromatic rings. The van der Waals surface area contributed by atoms with E-state index in [0.717, 1.165) is 16.7 Å². The Hall–Kier alpha value is -2.11. The maximum atomic E-state index is 10.8. The molecule has 5 nitrogen and oxygen atoms in total. The zero-order chi connectivity index (χ0) is 20.8. The molecular weight excluding hydrogens is 397 g/mol. The van der Waals surface area contributed by atoms with Gasteiger partial charge in [-0.1, -0.05) is 91.0 Å². The molecule has 3 aromatic carbocycles. The fraction of sp³-hybridized carbons (Fsp3) is 0.250. The molecule has 0 radical (unpaired) electrons. The topological polar surface area (TPSA) is 51.2 Å². The van der Waals surface area contributed by atoms with Crippen molar-refractivity contribution in [3.63, 3.8) is 0 Å². The molecule has 1 unspecified atom stereocenters. The van der Waals surface area contributed by atoms with Gasteiger partial charge in [0.25, 0.3) is 8.53 Å². The van der Waals surface area contributed by atoms with Crippen molar-refractivity contribution in [3.8, 4) is 0 Å². The van der Waals surface area contributed by atoms with Crippen LogP contribution < -0.4 is 0 Å². The Balaban J connectivity index is 1.99. The number of ether oxygens (including phenoxy) is 1. The summed E-state index contributed by atoms with van der Waals surface area (Å²) in [7, 11) is -0.526. The Morgan fingerprint density at radius 2 is 1.33 bits per heavy atom. The van der Waals surface area contributed by atoms with E-state index in [0.29, 0.717) is 19.8 Å². The van der Waals surface area contributed by atoms with Crippen molar-refractivity contribution in [2.24, 2.45) is 0 Å². The van der Waals surface area contributed by atoms with Gasteiger partial charge in [-0.25, -0.2) is 9.56 Å². The third-order valence-electron chi connectivity index (χ3n) is 5.65. The maximum absolute atomic E-state index is 10.8. The van der Waals surface area contributed by atoms with Crippen molar-refractivity contribution in [1.29, 1.82) is 0 Å². The molecule has 0 aliphatic carbocycles. The predicted octanol–water partition coefficient (Wildman–Crippen LogP) is 4.52. The summed E-state index contributed by atoms with van der Waals surface area (Å²) in [5, 5.41) is 0. The second-order valence-electron chi connectivity index (χ2n) is 7.15. The van der Waals surface area contributed by atoms with Crippen LogP contribution in [-0.2, 0) is 19.7 Å². The van der Waals surface area contributed by atoms with Crippen LogP contribution in [0.3, 0.4) is 0 Å². The van der Waals surface area contributed by atoms with Crippen molar-refractivity contribution in [2.45, 2.75) is 11.5 Å². The summed E-state index contributed by atoms with van der Waals surface area (Å²) in [6.45, 7) is 1.52. The van der Waals surface area contributed by atoms with Crippen molar-refractivity contribution < 1.29 is 19.2 Å². The van der Waals surface area contributed by atoms with E-state index in [2.05, 4.69) is 72.8 Å². The van der Waals surface area contributed by atoms with Crippen LogP contribution in [0.15, 0.2) is 91.0 Å². The molecular formula is C24H26NO4P. The molecule has 1 aliphatic rings. The minimum Gasteiger partial charge on any atom is -0.378 e. The van der Waals surface area contributed by atoms with Gasteiger partial charge < -0.3 is 9.63 Å². The van der Waals surface area contributed by atoms with E-state index in [4.69, 9.17) is 14.3 Å². The number of rotatable bonds is 7. The molecule has 1 N–H and O–H groups in total. The minimum atomic E-state index is -1.94. The largest absolute Gasteiger partial charge is 0.378 e. The Labute approximate surface area is 178 Å². The highest BCUT2D eigenvalue weighted by atomic mass is 31.2. The lowest BCUT2D eigenvalue weighted by molar-refractivity contribution is -0.186. The molecule has 6 heteroatoms. The second kappa shape index (κ2) is 9.80. The van der Waals surface area contributed by atoms with Crippen LogP contribution in [0.2, 0.25) is 0 Å². The smallest absolute Gasteiger partial charge is 0.289 e. The third-order valence-corrected chi connectivity index (χ3v) is 6.85. The summed E-state index contributed by atoms with van der Waals surface area (Å²) in [6.07, 6.45) is 0. The van der Waals surface area contributed by atoms with E-state index in [1.807, 2.05) is 22.9 Å². The summed E-state index contributed by atoms with van der Waals surface area (Å²) < 4.78 is 13.2.